The van der Waals surface area contributed by atoms with Crippen molar-refractivity contribution in [3.8, 4) is 5.75 Å². The van der Waals surface area contributed by atoms with Gasteiger partial charge in [-0.2, -0.15) is 13.2 Å². The highest BCUT2D eigenvalue weighted by Gasteiger charge is 2.43. The molecular formula is C16H17F3N2O3. The van der Waals surface area contributed by atoms with Gasteiger partial charge < -0.3 is 14.5 Å². The average molecular weight is 342 g/mol. The predicted octanol–water partition coefficient (Wildman–Crippen LogP) is 1.94. The van der Waals surface area contributed by atoms with Gasteiger partial charge in [0.15, 0.2) is 0 Å². The second-order valence-corrected chi connectivity index (χ2v) is 5.19. The van der Waals surface area contributed by atoms with Crippen LogP contribution >= 0.6 is 0 Å². The van der Waals surface area contributed by atoms with Gasteiger partial charge in [0.2, 0.25) is 5.91 Å². The van der Waals surface area contributed by atoms with Crippen LogP contribution in [0.5, 0.6) is 5.75 Å². The van der Waals surface area contributed by atoms with E-state index in [4.69, 9.17) is 4.74 Å². The van der Waals surface area contributed by atoms with Gasteiger partial charge in [0.1, 0.15) is 5.75 Å². The van der Waals surface area contributed by atoms with Crippen LogP contribution in [0.1, 0.15) is 5.56 Å². The number of carbonyl (C=O) groups is 2. The molecular weight excluding hydrogens is 325 g/mol. The molecule has 2 rings (SSSR count). The molecule has 0 saturated carbocycles. The quantitative estimate of drug-likeness (QED) is 0.789. The molecule has 1 aromatic rings. The van der Waals surface area contributed by atoms with E-state index < -0.39 is 12.1 Å². The van der Waals surface area contributed by atoms with Gasteiger partial charge in [-0.25, -0.2) is 0 Å². The first-order valence-electron chi connectivity index (χ1n) is 7.29. The number of piperazine rings is 1. The summed E-state index contributed by atoms with van der Waals surface area (Å²) < 4.78 is 42.3. The molecule has 1 aliphatic heterocycles. The minimum Gasteiger partial charge on any atom is -0.496 e. The molecule has 1 aliphatic rings. The Hall–Kier alpha value is -2.51. The molecule has 0 unspecified atom stereocenters. The highest BCUT2D eigenvalue weighted by atomic mass is 19.4. The molecule has 1 saturated heterocycles. The number of benzene rings is 1. The lowest BCUT2D eigenvalue weighted by Gasteiger charge is -2.34. The van der Waals surface area contributed by atoms with Crippen molar-refractivity contribution in [3.63, 3.8) is 0 Å². The molecule has 0 N–H and O–H groups in total. The number of ether oxygens (including phenoxy) is 1. The summed E-state index contributed by atoms with van der Waals surface area (Å²) in [5.41, 5.74) is 0.722. The Labute approximate surface area is 137 Å². The first-order chi connectivity index (χ1) is 11.3. The lowest BCUT2D eigenvalue weighted by molar-refractivity contribution is -0.187. The Bertz CT molecular complexity index is 636. The number of methoxy groups -OCH3 is 1. The van der Waals surface area contributed by atoms with Gasteiger partial charge in [-0.1, -0.05) is 18.2 Å². The Balaban J connectivity index is 1.93. The topological polar surface area (TPSA) is 49.9 Å². The van der Waals surface area contributed by atoms with Crippen LogP contribution in [0.15, 0.2) is 30.3 Å². The molecule has 0 aliphatic carbocycles. The zero-order valence-corrected chi connectivity index (χ0v) is 13.0. The number of para-hydroxylation sites is 1. The van der Waals surface area contributed by atoms with E-state index in [1.54, 1.807) is 30.3 Å². The zero-order valence-electron chi connectivity index (χ0n) is 13.0. The van der Waals surface area contributed by atoms with Crippen molar-refractivity contribution in [2.75, 3.05) is 33.3 Å². The van der Waals surface area contributed by atoms with Crippen molar-refractivity contribution in [3.05, 3.63) is 35.9 Å². The molecule has 8 heteroatoms. The molecule has 0 aromatic heterocycles. The van der Waals surface area contributed by atoms with Gasteiger partial charge in [-0.3, -0.25) is 9.59 Å². The van der Waals surface area contributed by atoms with Crippen LogP contribution in [0.25, 0.3) is 6.08 Å². The summed E-state index contributed by atoms with van der Waals surface area (Å²) in [7, 11) is 1.52. The summed E-state index contributed by atoms with van der Waals surface area (Å²) in [5.74, 6) is -1.57. The minimum absolute atomic E-state index is 0.0664. The van der Waals surface area contributed by atoms with E-state index >= 15 is 0 Å². The standard InChI is InChI=1S/C16H17F3N2O3/c1-24-13-5-3-2-4-12(13)6-7-14(22)20-8-10-21(11-9-20)15(23)16(17,18)19/h2-7H,8-11H2,1H3/b7-6+. The third-order valence-electron chi connectivity index (χ3n) is 3.67. The van der Waals surface area contributed by atoms with E-state index in [9.17, 15) is 22.8 Å². The number of hydrogen-bond donors (Lipinski definition) is 0. The van der Waals surface area contributed by atoms with E-state index in [0.717, 1.165) is 5.56 Å². The fourth-order valence-electron chi connectivity index (χ4n) is 2.38. The van der Waals surface area contributed by atoms with E-state index in [1.807, 2.05) is 0 Å². The minimum atomic E-state index is -4.88. The van der Waals surface area contributed by atoms with Crippen molar-refractivity contribution >= 4 is 17.9 Å². The monoisotopic (exact) mass is 342 g/mol. The summed E-state index contributed by atoms with van der Waals surface area (Å²) in [6.07, 6.45) is -1.94. The number of halogens is 3. The van der Waals surface area contributed by atoms with Gasteiger partial charge >= 0.3 is 12.1 Å². The van der Waals surface area contributed by atoms with Gasteiger partial charge in [0.25, 0.3) is 0 Å². The van der Waals surface area contributed by atoms with Crippen LogP contribution in [0.4, 0.5) is 13.2 Å². The van der Waals surface area contributed by atoms with Crippen LogP contribution < -0.4 is 4.74 Å². The van der Waals surface area contributed by atoms with E-state index in [0.29, 0.717) is 10.6 Å². The maximum atomic E-state index is 12.4. The predicted molar refractivity (Wildman–Crippen MR) is 81.2 cm³/mol. The van der Waals surface area contributed by atoms with Gasteiger partial charge in [0, 0.05) is 37.8 Å². The van der Waals surface area contributed by atoms with Crippen molar-refractivity contribution in [2.45, 2.75) is 6.18 Å². The number of hydrogen-bond acceptors (Lipinski definition) is 3. The number of amides is 2. The maximum absolute atomic E-state index is 12.4. The van der Waals surface area contributed by atoms with E-state index in [-0.39, 0.29) is 32.1 Å². The first kappa shape index (κ1) is 17.8. The first-order valence-corrected chi connectivity index (χ1v) is 7.29. The van der Waals surface area contributed by atoms with Crippen molar-refractivity contribution < 1.29 is 27.5 Å². The summed E-state index contributed by atoms with van der Waals surface area (Å²) in [6, 6.07) is 7.14. The maximum Gasteiger partial charge on any atom is 0.471 e. The summed E-state index contributed by atoms with van der Waals surface area (Å²) in [4.78, 5) is 25.4. The third kappa shape index (κ3) is 4.27. The Morgan fingerprint density at radius 2 is 1.67 bits per heavy atom. The second kappa shape index (κ2) is 7.37. The summed E-state index contributed by atoms with van der Waals surface area (Å²) >= 11 is 0. The average Bonchev–Trinajstić information content (AvgIpc) is 2.58. The van der Waals surface area contributed by atoms with Crippen LogP contribution in [-0.4, -0.2) is 61.1 Å². The molecule has 130 valence electrons. The molecule has 0 spiro atoms. The number of rotatable bonds is 3. The normalized spacial score (nSPS) is 15.7. The smallest absolute Gasteiger partial charge is 0.471 e. The largest absolute Gasteiger partial charge is 0.496 e. The Kier molecular flexibility index (Phi) is 5.48. The van der Waals surface area contributed by atoms with Gasteiger partial charge in [0.05, 0.1) is 7.11 Å². The lowest BCUT2D eigenvalue weighted by Crippen LogP contribution is -2.53. The highest BCUT2D eigenvalue weighted by molar-refractivity contribution is 5.92. The van der Waals surface area contributed by atoms with Crippen LogP contribution in [0, 0.1) is 0 Å². The SMILES string of the molecule is COc1ccccc1/C=C/C(=O)N1CCN(C(=O)C(F)(F)F)CC1. The molecule has 0 bridgehead atoms. The van der Waals surface area contributed by atoms with E-state index in [1.165, 1.54) is 18.1 Å². The molecule has 1 aromatic carbocycles. The number of alkyl halides is 3. The number of carbonyl (C=O) groups excluding carboxylic acids is 2. The van der Waals surface area contributed by atoms with Crippen LogP contribution in [-0.2, 0) is 9.59 Å². The molecule has 0 radical (unpaired) electrons. The molecule has 5 nitrogen and oxygen atoms in total. The van der Waals surface area contributed by atoms with Gasteiger partial charge in [-0.15, -0.1) is 0 Å². The molecule has 24 heavy (non-hydrogen) atoms. The fourth-order valence-corrected chi connectivity index (χ4v) is 2.38. The van der Waals surface area contributed by atoms with Crippen LogP contribution in [0.2, 0.25) is 0 Å². The highest BCUT2D eigenvalue weighted by Crippen LogP contribution is 2.20. The zero-order chi connectivity index (χ0) is 17.7. The van der Waals surface area contributed by atoms with Gasteiger partial charge in [-0.05, 0) is 12.1 Å². The summed E-state index contributed by atoms with van der Waals surface area (Å²) in [6.45, 7) is -0.132. The van der Waals surface area contributed by atoms with Crippen molar-refractivity contribution in [1.29, 1.82) is 0 Å². The molecule has 1 heterocycles. The Morgan fingerprint density at radius 3 is 2.25 bits per heavy atom. The molecule has 1 fully saturated rings. The van der Waals surface area contributed by atoms with Crippen LogP contribution in [0.3, 0.4) is 0 Å². The second-order valence-electron chi connectivity index (χ2n) is 5.19. The summed E-state index contributed by atoms with van der Waals surface area (Å²) in [5, 5.41) is 0. The Morgan fingerprint density at radius 1 is 1.08 bits per heavy atom. The van der Waals surface area contributed by atoms with Crippen molar-refractivity contribution in [1.82, 2.24) is 9.80 Å². The van der Waals surface area contributed by atoms with E-state index in [2.05, 4.69) is 0 Å². The third-order valence-corrected chi connectivity index (χ3v) is 3.67. The molecule has 2 amide bonds. The number of nitrogens with zero attached hydrogens (tertiary/aromatic N) is 2. The van der Waals surface area contributed by atoms with Crippen molar-refractivity contribution in [2.24, 2.45) is 0 Å². The fraction of sp³-hybridized carbons (Fsp3) is 0.375. The lowest BCUT2D eigenvalue weighted by atomic mass is 10.2. The molecule has 0 atom stereocenters.